The predicted molar refractivity (Wildman–Crippen MR) is 72.2 cm³/mol. The van der Waals surface area contributed by atoms with Gasteiger partial charge in [-0.2, -0.15) is 0 Å². The maximum absolute atomic E-state index is 5.85. The fourth-order valence-electron chi connectivity index (χ4n) is 1.89. The molecule has 2 N–H and O–H groups in total. The Bertz CT molecular complexity index is 483. The topological polar surface area (TPSA) is 35.2 Å². The van der Waals surface area contributed by atoms with Gasteiger partial charge < -0.3 is 10.5 Å². The molecule has 2 aromatic carbocycles. The summed E-state index contributed by atoms with van der Waals surface area (Å²) in [6.07, 6.45) is 0. The lowest BCUT2D eigenvalue weighted by Crippen LogP contribution is -1.91. The van der Waals surface area contributed by atoms with Crippen LogP contribution in [0.5, 0.6) is 5.75 Å². The van der Waals surface area contributed by atoms with Crippen LogP contribution in [0.2, 0.25) is 0 Å². The number of anilines is 1. The van der Waals surface area contributed by atoms with Crippen molar-refractivity contribution in [2.24, 2.45) is 0 Å². The molecule has 0 radical (unpaired) electrons. The van der Waals surface area contributed by atoms with E-state index in [1.54, 1.807) is 0 Å². The third-order valence-corrected chi connectivity index (χ3v) is 2.60. The number of nitrogens with two attached hydrogens (primary N) is 1. The first-order valence-corrected chi connectivity index (χ1v) is 5.79. The zero-order valence-corrected chi connectivity index (χ0v) is 10.2. The first-order valence-electron chi connectivity index (χ1n) is 5.79. The maximum atomic E-state index is 5.85. The van der Waals surface area contributed by atoms with Crippen LogP contribution in [0.15, 0.2) is 42.5 Å². The van der Waals surface area contributed by atoms with Crippen molar-refractivity contribution in [2.45, 2.75) is 13.8 Å². The third kappa shape index (κ3) is 2.78. The Kier molecular flexibility index (Phi) is 3.33. The Hall–Kier alpha value is -1.96. The number of ether oxygens (including phenoxy) is 1. The van der Waals surface area contributed by atoms with Gasteiger partial charge in [-0.25, -0.2) is 0 Å². The lowest BCUT2D eigenvalue weighted by atomic mass is 10.0. The molecule has 0 fully saturated rings. The van der Waals surface area contributed by atoms with Gasteiger partial charge in [0.1, 0.15) is 5.75 Å². The highest BCUT2D eigenvalue weighted by molar-refractivity contribution is 5.68. The van der Waals surface area contributed by atoms with Gasteiger partial charge in [0.2, 0.25) is 0 Å². The van der Waals surface area contributed by atoms with Crippen LogP contribution in [-0.4, -0.2) is 6.61 Å². The second-order valence-electron chi connectivity index (χ2n) is 4.09. The standard InChI is InChI=1S/C15H17NO/c1-3-17-15-6-4-12(5-7-15)13-8-11(2)9-14(16)10-13/h4-10H,3,16H2,1-2H3. The van der Waals surface area contributed by atoms with Crippen LogP contribution in [0, 0.1) is 6.92 Å². The third-order valence-electron chi connectivity index (χ3n) is 2.60. The van der Waals surface area contributed by atoms with Crippen LogP contribution in [-0.2, 0) is 0 Å². The molecule has 2 heteroatoms. The lowest BCUT2D eigenvalue weighted by Gasteiger charge is -2.07. The molecule has 0 saturated carbocycles. The fraction of sp³-hybridized carbons (Fsp3) is 0.200. The summed E-state index contributed by atoms with van der Waals surface area (Å²) in [6, 6.07) is 14.2. The van der Waals surface area contributed by atoms with Crippen molar-refractivity contribution in [1.82, 2.24) is 0 Å². The summed E-state index contributed by atoms with van der Waals surface area (Å²) >= 11 is 0. The van der Waals surface area contributed by atoms with Crippen LogP contribution >= 0.6 is 0 Å². The molecule has 2 rings (SSSR count). The van der Waals surface area contributed by atoms with Gasteiger partial charge in [-0.15, -0.1) is 0 Å². The van der Waals surface area contributed by atoms with Crippen LogP contribution in [0.3, 0.4) is 0 Å². The largest absolute Gasteiger partial charge is 0.494 e. The van der Waals surface area contributed by atoms with Crippen molar-refractivity contribution in [3.05, 3.63) is 48.0 Å². The van der Waals surface area contributed by atoms with Crippen LogP contribution in [0.1, 0.15) is 12.5 Å². The van der Waals surface area contributed by atoms with E-state index in [1.807, 2.05) is 31.2 Å². The minimum atomic E-state index is 0.691. The minimum absolute atomic E-state index is 0.691. The number of rotatable bonds is 3. The smallest absolute Gasteiger partial charge is 0.119 e. The zero-order valence-electron chi connectivity index (χ0n) is 10.2. The summed E-state index contributed by atoms with van der Waals surface area (Å²) in [7, 11) is 0. The summed E-state index contributed by atoms with van der Waals surface area (Å²) < 4.78 is 5.42. The molecule has 0 aliphatic heterocycles. The van der Waals surface area contributed by atoms with Crippen LogP contribution in [0.4, 0.5) is 5.69 Å². The Morgan fingerprint density at radius 1 is 1.00 bits per heavy atom. The predicted octanol–water partition coefficient (Wildman–Crippen LogP) is 3.64. The normalized spacial score (nSPS) is 10.2. The van der Waals surface area contributed by atoms with Crippen molar-refractivity contribution < 1.29 is 4.74 Å². The Morgan fingerprint density at radius 2 is 1.71 bits per heavy atom. The first kappa shape index (κ1) is 11.5. The minimum Gasteiger partial charge on any atom is -0.494 e. The van der Waals surface area contributed by atoms with Crippen molar-refractivity contribution in [2.75, 3.05) is 12.3 Å². The first-order chi connectivity index (χ1) is 8.19. The average molecular weight is 227 g/mol. The van der Waals surface area contributed by atoms with Crippen LogP contribution < -0.4 is 10.5 Å². The van der Waals surface area contributed by atoms with E-state index in [0.29, 0.717) is 6.61 Å². The van der Waals surface area contributed by atoms with Gasteiger partial charge in [-0.05, 0) is 54.8 Å². The van der Waals surface area contributed by atoms with Gasteiger partial charge in [0.15, 0.2) is 0 Å². The van der Waals surface area contributed by atoms with E-state index in [1.165, 1.54) is 5.56 Å². The highest BCUT2D eigenvalue weighted by Crippen LogP contribution is 2.25. The molecule has 0 spiro atoms. The van der Waals surface area contributed by atoms with Gasteiger partial charge in [0, 0.05) is 5.69 Å². The second-order valence-corrected chi connectivity index (χ2v) is 4.09. The second kappa shape index (κ2) is 4.91. The molecule has 0 unspecified atom stereocenters. The highest BCUT2D eigenvalue weighted by atomic mass is 16.5. The molecule has 0 atom stereocenters. The number of nitrogen functional groups attached to an aromatic ring is 1. The van der Waals surface area contributed by atoms with Crippen molar-refractivity contribution in [3.63, 3.8) is 0 Å². The van der Waals surface area contributed by atoms with Crippen molar-refractivity contribution >= 4 is 5.69 Å². The van der Waals surface area contributed by atoms with Gasteiger partial charge >= 0.3 is 0 Å². The van der Waals surface area contributed by atoms with Crippen molar-refractivity contribution in [1.29, 1.82) is 0 Å². The number of hydrogen-bond donors (Lipinski definition) is 1. The quantitative estimate of drug-likeness (QED) is 0.812. The average Bonchev–Trinajstić information content (AvgIpc) is 2.29. The molecular formula is C15H17NO. The van der Waals surface area contributed by atoms with E-state index in [0.717, 1.165) is 22.6 Å². The molecule has 0 heterocycles. The molecule has 0 aliphatic carbocycles. The van der Waals surface area contributed by atoms with E-state index >= 15 is 0 Å². The van der Waals surface area contributed by atoms with E-state index in [2.05, 4.69) is 25.1 Å². The molecule has 0 bridgehead atoms. The maximum Gasteiger partial charge on any atom is 0.119 e. The lowest BCUT2D eigenvalue weighted by molar-refractivity contribution is 0.340. The molecule has 0 saturated heterocycles. The number of aryl methyl sites for hydroxylation is 1. The van der Waals surface area contributed by atoms with E-state index in [-0.39, 0.29) is 0 Å². The van der Waals surface area contributed by atoms with Gasteiger partial charge in [-0.1, -0.05) is 18.2 Å². The summed E-state index contributed by atoms with van der Waals surface area (Å²) in [4.78, 5) is 0. The Morgan fingerprint density at radius 3 is 2.29 bits per heavy atom. The van der Waals surface area contributed by atoms with E-state index in [9.17, 15) is 0 Å². The monoisotopic (exact) mass is 227 g/mol. The fourth-order valence-corrected chi connectivity index (χ4v) is 1.89. The zero-order chi connectivity index (χ0) is 12.3. The molecule has 0 amide bonds. The Balaban J connectivity index is 2.32. The molecule has 2 aromatic rings. The Labute approximate surface area is 102 Å². The van der Waals surface area contributed by atoms with E-state index < -0.39 is 0 Å². The van der Waals surface area contributed by atoms with Gasteiger partial charge in [0.05, 0.1) is 6.61 Å². The number of benzene rings is 2. The van der Waals surface area contributed by atoms with E-state index in [4.69, 9.17) is 10.5 Å². The molecule has 0 aromatic heterocycles. The van der Waals surface area contributed by atoms with Crippen LogP contribution in [0.25, 0.3) is 11.1 Å². The summed E-state index contributed by atoms with van der Waals surface area (Å²) in [5.41, 5.74) is 10.1. The molecule has 2 nitrogen and oxygen atoms in total. The summed E-state index contributed by atoms with van der Waals surface area (Å²) in [5.74, 6) is 0.900. The molecule has 0 aliphatic rings. The SMILES string of the molecule is CCOc1ccc(-c2cc(C)cc(N)c2)cc1. The van der Waals surface area contributed by atoms with Gasteiger partial charge in [0.25, 0.3) is 0 Å². The summed E-state index contributed by atoms with van der Waals surface area (Å²) in [6.45, 7) is 4.72. The van der Waals surface area contributed by atoms with Gasteiger partial charge in [-0.3, -0.25) is 0 Å². The number of hydrogen-bond acceptors (Lipinski definition) is 2. The molecular weight excluding hydrogens is 210 g/mol. The molecule has 17 heavy (non-hydrogen) atoms. The summed E-state index contributed by atoms with van der Waals surface area (Å²) in [5, 5.41) is 0. The molecule has 88 valence electrons. The highest BCUT2D eigenvalue weighted by Gasteiger charge is 2.00. The van der Waals surface area contributed by atoms with Crippen molar-refractivity contribution in [3.8, 4) is 16.9 Å².